The zero-order valence-corrected chi connectivity index (χ0v) is 39.3. The number of ether oxygens (including phenoxy) is 3. The molecule has 1 atom stereocenters. The standard InChI is InChI=1S/C53H96O6/c1-4-7-10-13-16-19-21-23-25-26-27-28-30-31-34-37-40-43-46-52(55)58-49-50(48-57-51(54)45-42-39-36-33-18-15-12-9-6-3)59-53(56)47-44-41-38-35-32-29-24-22-20-17-14-11-8-5-2/h25-29,32,50H,4-24,30-31,33-49H2,1-3H3/b26-25-,28-27-,32-29-. The number of rotatable bonds is 46. The molecule has 0 rings (SSSR count). The first-order chi connectivity index (χ1) is 29.0. The van der Waals surface area contributed by atoms with Crippen LogP contribution in [-0.2, 0) is 28.6 Å². The summed E-state index contributed by atoms with van der Waals surface area (Å²) >= 11 is 0. The molecule has 0 aromatic carbocycles. The van der Waals surface area contributed by atoms with Crippen LogP contribution >= 0.6 is 0 Å². The van der Waals surface area contributed by atoms with Crippen molar-refractivity contribution in [3.05, 3.63) is 36.5 Å². The molecule has 6 nitrogen and oxygen atoms in total. The molecule has 0 fully saturated rings. The zero-order chi connectivity index (χ0) is 43.0. The molecule has 0 aliphatic heterocycles. The van der Waals surface area contributed by atoms with Crippen LogP contribution in [-0.4, -0.2) is 37.2 Å². The summed E-state index contributed by atoms with van der Waals surface area (Å²) in [5.74, 6) is -0.908. The van der Waals surface area contributed by atoms with Crippen molar-refractivity contribution < 1.29 is 28.6 Å². The second kappa shape index (κ2) is 48.3. The fraction of sp³-hybridized carbons (Fsp3) is 0.830. The minimum atomic E-state index is -0.781. The smallest absolute Gasteiger partial charge is 0.306 e. The fourth-order valence-electron chi connectivity index (χ4n) is 7.25. The molecule has 0 heterocycles. The second-order valence-corrected chi connectivity index (χ2v) is 17.1. The first kappa shape index (κ1) is 56.6. The van der Waals surface area contributed by atoms with Crippen LogP contribution in [0.25, 0.3) is 0 Å². The number of carbonyl (C=O) groups is 3. The Bertz CT molecular complexity index is 1000. The van der Waals surface area contributed by atoms with Crippen molar-refractivity contribution in [1.29, 1.82) is 0 Å². The number of hydrogen-bond acceptors (Lipinski definition) is 6. The number of allylic oxidation sites excluding steroid dienone is 6. The van der Waals surface area contributed by atoms with E-state index >= 15 is 0 Å². The van der Waals surface area contributed by atoms with Crippen molar-refractivity contribution in [3.63, 3.8) is 0 Å². The van der Waals surface area contributed by atoms with E-state index in [1.165, 1.54) is 135 Å². The van der Waals surface area contributed by atoms with Gasteiger partial charge in [-0.1, -0.05) is 211 Å². The van der Waals surface area contributed by atoms with Crippen LogP contribution in [0.1, 0.15) is 265 Å². The van der Waals surface area contributed by atoms with Gasteiger partial charge in [-0.15, -0.1) is 0 Å². The van der Waals surface area contributed by atoms with Gasteiger partial charge < -0.3 is 14.2 Å². The summed E-state index contributed by atoms with van der Waals surface area (Å²) in [6.45, 7) is 6.60. The number of unbranched alkanes of at least 4 members (excludes halogenated alkanes) is 30. The Hall–Kier alpha value is -2.37. The Morgan fingerprint density at radius 3 is 0.966 bits per heavy atom. The molecule has 59 heavy (non-hydrogen) atoms. The molecule has 344 valence electrons. The van der Waals surface area contributed by atoms with Crippen LogP contribution in [0.4, 0.5) is 0 Å². The van der Waals surface area contributed by atoms with Gasteiger partial charge in [0.2, 0.25) is 0 Å². The largest absolute Gasteiger partial charge is 0.462 e. The average molecular weight is 829 g/mol. The molecule has 0 aliphatic carbocycles. The molecule has 6 heteroatoms. The van der Waals surface area contributed by atoms with Gasteiger partial charge in [0.1, 0.15) is 13.2 Å². The molecule has 1 unspecified atom stereocenters. The second-order valence-electron chi connectivity index (χ2n) is 17.1. The van der Waals surface area contributed by atoms with E-state index < -0.39 is 6.10 Å². The quantitative estimate of drug-likeness (QED) is 0.0200. The maximum absolute atomic E-state index is 12.7. The van der Waals surface area contributed by atoms with E-state index in [1.54, 1.807) is 0 Å². The third-order valence-corrected chi connectivity index (χ3v) is 11.1. The number of esters is 3. The lowest BCUT2D eigenvalue weighted by molar-refractivity contribution is -0.167. The van der Waals surface area contributed by atoms with E-state index in [1.807, 2.05) is 0 Å². The highest BCUT2D eigenvalue weighted by Crippen LogP contribution is 2.14. The van der Waals surface area contributed by atoms with Gasteiger partial charge in [-0.05, 0) is 70.6 Å². The van der Waals surface area contributed by atoms with Gasteiger partial charge >= 0.3 is 17.9 Å². The Balaban J connectivity index is 4.35. The summed E-state index contributed by atoms with van der Waals surface area (Å²) < 4.78 is 16.7. The first-order valence-electron chi connectivity index (χ1n) is 25.5. The Morgan fingerprint density at radius 1 is 0.339 bits per heavy atom. The van der Waals surface area contributed by atoms with E-state index in [0.29, 0.717) is 19.3 Å². The molecule has 0 spiro atoms. The van der Waals surface area contributed by atoms with E-state index in [-0.39, 0.29) is 31.1 Å². The van der Waals surface area contributed by atoms with E-state index in [9.17, 15) is 14.4 Å². The van der Waals surface area contributed by atoms with Crippen LogP contribution in [0.3, 0.4) is 0 Å². The maximum Gasteiger partial charge on any atom is 0.306 e. The molecule has 0 radical (unpaired) electrons. The number of carbonyl (C=O) groups excluding carboxylic acids is 3. The summed E-state index contributed by atoms with van der Waals surface area (Å²) in [6, 6.07) is 0. The fourth-order valence-corrected chi connectivity index (χ4v) is 7.25. The van der Waals surface area contributed by atoms with Gasteiger partial charge in [-0.25, -0.2) is 0 Å². The molecule has 0 N–H and O–H groups in total. The predicted octanol–water partition coefficient (Wildman–Crippen LogP) is 16.5. The minimum absolute atomic E-state index is 0.0811. The maximum atomic E-state index is 12.7. The molecular weight excluding hydrogens is 733 g/mol. The lowest BCUT2D eigenvalue weighted by Crippen LogP contribution is -2.30. The topological polar surface area (TPSA) is 78.9 Å². The molecule has 0 aromatic rings. The predicted molar refractivity (Wildman–Crippen MR) is 252 cm³/mol. The van der Waals surface area contributed by atoms with Crippen LogP contribution in [0.5, 0.6) is 0 Å². The highest BCUT2D eigenvalue weighted by molar-refractivity contribution is 5.71. The van der Waals surface area contributed by atoms with Gasteiger partial charge in [0.25, 0.3) is 0 Å². The molecular formula is C53H96O6. The highest BCUT2D eigenvalue weighted by Gasteiger charge is 2.19. The summed E-state index contributed by atoms with van der Waals surface area (Å²) in [6.07, 6.45) is 55.6. The van der Waals surface area contributed by atoms with Crippen molar-refractivity contribution in [3.8, 4) is 0 Å². The molecule has 0 saturated heterocycles. The Morgan fingerprint density at radius 2 is 0.610 bits per heavy atom. The van der Waals surface area contributed by atoms with Crippen LogP contribution in [0.15, 0.2) is 36.5 Å². The Kier molecular flexibility index (Phi) is 46.4. The summed E-state index contributed by atoms with van der Waals surface area (Å²) in [4.78, 5) is 37.8. The van der Waals surface area contributed by atoms with Crippen molar-refractivity contribution in [1.82, 2.24) is 0 Å². The first-order valence-corrected chi connectivity index (χ1v) is 25.5. The van der Waals surface area contributed by atoms with Crippen molar-refractivity contribution in [2.24, 2.45) is 0 Å². The van der Waals surface area contributed by atoms with Gasteiger partial charge in [0.15, 0.2) is 6.10 Å². The van der Waals surface area contributed by atoms with Crippen LogP contribution in [0, 0.1) is 0 Å². The third kappa shape index (κ3) is 46.5. The average Bonchev–Trinajstić information content (AvgIpc) is 3.23. The van der Waals surface area contributed by atoms with Crippen LogP contribution < -0.4 is 0 Å². The lowest BCUT2D eigenvalue weighted by atomic mass is 10.1. The van der Waals surface area contributed by atoms with Crippen molar-refractivity contribution >= 4 is 17.9 Å². The van der Waals surface area contributed by atoms with Gasteiger partial charge in [-0.2, -0.15) is 0 Å². The number of hydrogen-bond donors (Lipinski definition) is 0. The molecule has 0 amide bonds. The van der Waals surface area contributed by atoms with Gasteiger partial charge in [-0.3, -0.25) is 14.4 Å². The third-order valence-electron chi connectivity index (χ3n) is 11.1. The molecule has 0 bridgehead atoms. The Labute approximate surface area is 365 Å². The van der Waals surface area contributed by atoms with E-state index in [0.717, 1.165) is 89.9 Å². The lowest BCUT2D eigenvalue weighted by Gasteiger charge is -2.18. The monoisotopic (exact) mass is 829 g/mol. The molecule has 0 aromatic heterocycles. The van der Waals surface area contributed by atoms with E-state index in [2.05, 4.69) is 57.2 Å². The van der Waals surface area contributed by atoms with Gasteiger partial charge in [0, 0.05) is 19.3 Å². The summed E-state index contributed by atoms with van der Waals surface area (Å²) in [5.41, 5.74) is 0. The zero-order valence-electron chi connectivity index (χ0n) is 39.3. The highest BCUT2D eigenvalue weighted by atomic mass is 16.6. The summed E-state index contributed by atoms with van der Waals surface area (Å²) in [5, 5.41) is 0. The minimum Gasteiger partial charge on any atom is -0.462 e. The molecule has 0 saturated carbocycles. The van der Waals surface area contributed by atoms with E-state index in [4.69, 9.17) is 14.2 Å². The van der Waals surface area contributed by atoms with Crippen LogP contribution in [0.2, 0.25) is 0 Å². The summed E-state index contributed by atoms with van der Waals surface area (Å²) in [7, 11) is 0. The SMILES string of the molecule is CCCCCCCCC/C=C\C=C/CCCCCCCC(=O)OCC(COC(=O)CCCCCCCCCCC)OC(=O)CCCCC/C=C\CCCCCCCCC. The van der Waals surface area contributed by atoms with Crippen molar-refractivity contribution in [2.45, 2.75) is 271 Å². The van der Waals surface area contributed by atoms with Crippen molar-refractivity contribution in [2.75, 3.05) is 13.2 Å². The normalized spacial score (nSPS) is 12.3. The molecule has 0 aliphatic rings. The van der Waals surface area contributed by atoms with Gasteiger partial charge in [0.05, 0.1) is 0 Å².